The summed E-state index contributed by atoms with van der Waals surface area (Å²) in [5.41, 5.74) is 2.63. The third-order valence-corrected chi connectivity index (χ3v) is 5.98. The fourth-order valence-electron chi connectivity index (χ4n) is 2.47. The lowest BCUT2D eigenvalue weighted by Gasteiger charge is -2.21. The molecule has 25 heavy (non-hydrogen) atoms. The smallest absolute Gasteiger partial charge is 0.262 e. The minimum atomic E-state index is -3.76. The quantitative estimate of drug-likeness (QED) is 0.804. The molecule has 0 spiro atoms. The van der Waals surface area contributed by atoms with Gasteiger partial charge in [-0.15, -0.1) is 0 Å². The second kappa shape index (κ2) is 6.89. The second-order valence-electron chi connectivity index (χ2n) is 7.14. The molecule has 136 valence electrons. The molecule has 0 aliphatic carbocycles. The lowest BCUT2D eigenvalue weighted by atomic mass is 9.87. The van der Waals surface area contributed by atoms with Gasteiger partial charge in [0.1, 0.15) is 5.75 Å². The molecule has 0 radical (unpaired) electrons. The highest BCUT2D eigenvalue weighted by atomic mass is 35.5. The molecule has 1 N–H and O–H groups in total. The Kier molecular flexibility index (Phi) is 5.40. The van der Waals surface area contributed by atoms with E-state index in [4.69, 9.17) is 16.3 Å². The summed E-state index contributed by atoms with van der Waals surface area (Å²) in [6.45, 7) is 9.74. The van der Waals surface area contributed by atoms with Gasteiger partial charge in [0.25, 0.3) is 10.0 Å². The molecule has 0 heterocycles. The molecule has 0 unspecified atom stereocenters. The first kappa shape index (κ1) is 19.6. The molecule has 0 aromatic heterocycles. The van der Waals surface area contributed by atoms with Gasteiger partial charge >= 0.3 is 0 Å². The van der Waals surface area contributed by atoms with Gasteiger partial charge in [0, 0.05) is 11.1 Å². The SMILES string of the molecule is COc1cc(Cl)c(C)cc1NS(=O)(=O)c1cc(C(C)(C)C)ccc1C. The minimum Gasteiger partial charge on any atom is -0.495 e. The average molecular weight is 382 g/mol. The van der Waals surface area contributed by atoms with E-state index in [1.807, 2.05) is 39.8 Å². The van der Waals surface area contributed by atoms with Crippen LogP contribution in [0.4, 0.5) is 5.69 Å². The minimum absolute atomic E-state index is 0.146. The fraction of sp³-hybridized carbons (Fsp3) is 0.368. The van der Waals surface area contributed by atoms with Gasteiger partial charge in [0.15, 0.2) is 0 Å². The monoisotopic (exact) mass is 381 g/mol. The topological polar surface area (TPSA) is 55.4 Å². The third kappa shape index (κ3) is 4.28. The van der Waals surface area contributed by atoms with Gasteiger partial charge in [0.05, 0.1) is 17.7 Å². The zero-order valence-corrected chi connectivity index (χ0v) is 17.0. The van der Waals surface area contributed by atoms with Crippen LogP contribution in [-0.4, -0.2) is 15.5 Å². The summed E-state index contributed by atoms with van der Waals surface area (Å²) in [5.74, 6) is 0.379. The Labute approximate surface area is 155 Å². The van der Waals surface area contributed by atoms with Gasteiger partial charge in [-0.3, -0.25) is 4.72 Å². The van der Waals surface area contributed by atoms with E-state index in [9.17, 15) is 8.42 Å². The maximum atomic E-state index is 13.0. The van der Waals surface area contributed by atoms with Crippen LogP contribution in [-0.2, 0) is 15.4 Å². The summed E-state index contributed by atoms with van der Waals surface area (Å²) in [7, 11) is -2.29. The molecule has 2 aromatic carbocycles. The van der Waals surface area contributed by atoms with E-state index < -0.39 is 10.0 Å². The Balaban J connectivity index is 2.53. The molecule has 0 aliphatic heterocycles. The molecule has 0 saturated carbocycles. The molecule has 2 rings (SSSR count). The number of nitrogens with one attached hydrogen (secondary N) is 1. The molecule has 0 amide bonds. The summed E-state index contributed by atoms with van der Waals surface area (Å²) >= 11 is 6.09. The van der Waals surface area contributed by atoms with E-state index in [0.29, 0.717) is 22.0 Å². The summed E-state index contributed by atoms with van der Waals surface area (Å²) in [6, 6.07) is 8.79. The molecule has 0 atom stereocenters. The highest BCUT2D eigenvalue weighted by Gasteiger charge is 2.23. The number of aryl methyl sites for hydroxylation is 2. The molecule has 0 fully saturated rings. The van der Waals surface area contributed by atoms with Crippen LogP contribution in [0.25, 0.3) is 0 Å². The van der Waals surface area contributed by atoms with Gasteiger partial charge < -0.3 is 4.74 Å². The van der Waals surface area contributed by atoms with Crippen LogP contribution < -0.4 is 9.46 Å². The number of methoxy groups -OCH3 is 1. The van der Waals surface area contributed by atoms with E-state index in [1.54, 1.807) is 25.1 Å². The molecule has 2 aromatic rings. The number of hydrogen-bond acceptors (Lipinski definition) is 3. The summed E-state index contributed by atoms with van der Waals surface area (Å²) < 4.78 is 33.8. The number of halogens is 1. The number of rotatable bonds is 4. The maximum absolute atomic E-state index is 13.0. The van der Waals surface area contributed by atoms with Gasteiger partial charge in [0.2, 0.25) is 0 Å². The fourth-order valence-corrected chi connectivity index (χ4v) is 3.95. The normalized spacial score (nSPS) is 12.1. The van der Waals surface area contributed by atoms with Crippen molar-refractivity contribution in [1.29, 1.82) is 0 Å². The van der Waals surface area contributed by atoms with Crippen molar-refractivity contribution in [2.45, 2.75) is 44.9 Å². The van der Waals surface area contributed by atoms with E-state index in [1.165, 1.54) is 7.11 Å². The van der Waals surface area contributed by atoms with Crippen LogP contribution in [0.15, 0.2) is 35.2 Å². The third-order valence-electron chi connectivity index (χ3n) is 4.07. The lowest BCUT2D eigenvalue weighted by Crippen LogP contribution is -2.17. The Morgan fingerprint density at radius 3 is 2.24 bits per heavy atom. The van der Waals surface area contributed by atoms with E-state index in [-0.39, 0.29) is 10.3 Å². The van der Waals surface area contributed by atoms with Crippen molar-refractivity contribution in [2.24, 2.45) is 0 Å². The first-order valence-corrected chi connectivity index (χ1v) is 9.80. The molecule has 4 nitrogen and oxygen atoms in total. The van der Waals surface area contributed by atoms with Gasteiger partial charge in [-0.25, -0.2) is 8.42 Å². The van der Waals surface area contributed by atoms with Crippen molar-refractivity contribution < 1.29 is 13.2 Å². The number of hydrogen-bond donors (Lipinski definition) is 1. The predicted octanol–water partition coefficient (Wildman–Crippen LogP) is 5.06. The Hall–Kier alpha value is -1.72. The number of benzene rings is 2. The number of anilines is 1. The lowest BCUT2D eigenvalue weighted by molar-refractivity contribution is 0.417. The summed E-state index contributed by atoms with van der Waals surface area (Å²) in [6.07, 6.45) is 0. The maximum Gasteiger partial charge on any atom is 0.262 e. The molecule has 0 saturated heterocycles. The average Bonchev–Trinajstić information content (AvgIpc) is 2.49. The van der Waals surface area contributed by atoms with Crippen molar-refractivity contribution in [3.8, 4) is 5.75 Å². The molecule has 6 heteroatoms. The summed E-state index contributed by atoms with van der Waals surface area (Å²) in [5, 5.41) is 0.519. The first-order valence-electron chi connectivity index (χ1n) is 7.94. The van der Waals surface area contributed by atoms with E-state index in [0.717, 1.165) is 11.1 Å². The van der Waals surface area contributed by atoms with Crippen LogP contribution in [0.1, 0.15) is 37.5 Å². The van der Waals surface area contributed by atoms with Crippen molar-refractivity contribution in [3.63, 3.8) is 0 Å². The Morgan fingerprint density at radius 1 is 1.04 bits per heavy atom. The zero-order chi connectivity index (χ0) is 19.0. The first-order chi connectivity index (χ1) is 11.5. The Bertz CT molecular complexity index is 900. The van der Waals surface area contributed by atoms with Crippen molar-refractivity contribution in [3.05, 3.63) is 52.0 Å². The van der Waals surface area contributed by atoms with E-state index in [2.05, 4.69) is 4.72 Å². The van der Waals surface area contributed by atoms with Crippen LogP contribution >= 0.6 is 11.6 Å². The molecule has 0 aliphatic rings. The summed E-state index contributed by atoms with van der Waals surface area (Å²) in [4.78, 5) is 0.259. The van der Waals surface area contributed by atoms with Crippen molar-refractivity contribution in [2.75, 3.05) is 11.8 Å². The molecular formula is C19H24ClNO3S. The van der Waals surface area contributed by atoms with Gasteiger partial charge in [-0.05, 0) is 48.1 Å². The molecular weight excluding hydrogens is 358 g/mol. The van der Waals surface area contributed by atoms with Crippen LogP contribution in [0.2, 0.25) is 5.02 Å². The van der Waals surface area contributed by atoms with Crippen molar-refractivity contribution in [1.82, 2.24) is 0 Å². The highest BCUT2D eigenvalue weighted by molar-refractivity contribution is 7.92. The van der Waals surface area contributed by atoms with Crippen molar-refractivity contribution >= 4 is 27.3 Å². The highest BCUT2D eigenvalue weighted by Crippen LogP contribution is 2.33. The van der Waals surface area contributed by atoms with E-state index >= 15 is 0 Å². The molecule has 0 bridgehead atoms. The number of ether oxygens (including phenoxy) is 1. The second-order valence-corrected chi connectivity index (χ2v) is 9.20. The van der Waals surface area contributed by atoms with Crippen LogP contribution in [0.3, 0.4) is 0 Å². The largest absolute Gasteiger partial charge is 0.495 e. The number of sulfonamides is 1. The van der Waals surface area contributed by atoms with Gasteiger partial charge in [-0.2, -0.15) is 0 Å². The predicted molar refractivity (Wildman–Crippen MR) is 103 cm³/mol. The van der Waals surface area contributed by atoms with Gasteiger partial charge in [-0.1, -0.05) is 44.5 Å². The standard InChI is InChI=1S/C19H24ClNO3S/c1-12-7-8-14(19(3,4)5)10-18(12)25(22,23)21-16-9-13(2)15(20)11-17(16)24-6/h7-11,21H,1-6H3. The van der Waals surface area contributed by atoms with Crippen LogP contribution in [0.5, 0.6) is 5.75 Å². The van der Waals surface area contributed by atoms with Crippen LogP contribution in [0, 0.1) is 13.8 Å². The zero-order valence-electron chi connectivity index (χ0n) is 15.4. The Morgan fingerprint density at radius 2 is 1.68 bits per heavy atom.